The molecule has 0 aliphatic heterocycles. The smallest absolute Gasteiger partial charge is 0.0947 e. The van der Waals surface area contributed by atoms with Gasteiger partial charge in [-0.25, -0.2) is 0 Å². The van der Waals surface area contributed by atoms with Gasteiger partial charge in [-0.2, -0.15) is 0 Å². The summed E-state index contributed by atoms with van der Waals surface area (Å²) >= 11 is 0. The summed E-state index contributed by atoms with van der Waals surface area (Å²) in [7, 11) is 2.09. The number of furan rings is 1. The maximum absolute atomic E-state index is 5.90. The molecule has 2 N–H and O–H groups in total. The number of hydrogen-bond donors (Lipinski definition) is 1. The molecule has 2 rings (SSSR count). The summed E-state index contributed by atoms with van der Waals surface area (Å²) in [6.07, 6.45) is 3.48. The van der Waals surface area contributed by atoms with Crippen molar-refractivity contribution in [1.29, 1.82) is 0 Å². The Balaban J connectivity index is 1.98. The number of aryl methyl sites for hydroxylation is 1. The second kappa shape index (κ2) is 5.06. The van der Waals surface area contributed by atoms with Crippen molar-refractivity contribution in [2.24, 2.45) is 0 Å². The normalized spacial score (nSPS) is 11.0. The van der Waals surface area contributed by atoms with Crippen LogP contribution in [-0.2, 0) is 13.1 Å². The van der Waals surface area contributed by atoms with Gasteiger partial charge in [0.1, 0.15) is 0 Å². The van der Waals surface area contributed by atoms with Crippen molar-refractivity contribution in [1.82, 2.24) is 4.90 Å². The molecular weight excluding hydrogens is 212 g/mol. The topological polar surface area (TPSA) is 42.4 Å². The number of nitrogens with zero attached hydrogens (tertiary/aromatic N) is 1. The van der Waals surface area contributed by atoms with Crippen LogP contribution in [0.15, 0.2) is 41.2 Å². The summed E-state index contributed by atoms with van der Waals surface area (Å²) in [5, 5.41) is 0. The number of rotatable bonds is 4. The van der Waals surface area contributed by atoms with Gasteiger partial charge in [-0.3, -0.25) is 4.90 Å². The van der Waals surface area contributed by atoms with Crippen LogP contribution < -0.4 is 5.73 Å². The Morgan fingerprint density at radius 2 is 1.94 bits per heavy atom. The molecule has 0 bridgehead atoms. The van der Waals surface area contributed by atoms with Gasteiger partial charge in [0.25, 0.3) is 0 Å². The van der Waals surface area contributed by atoms with Crippen LogP contribution in [-0.4, -0.2) is 11.9 Å². The molecule has 0 spiro atoms. The van der Waals surface area contributed by atoms with Crippen molar-refractivity contribution in [3.05, 3.63) is 53.5 Å². The molecular formula is C14H18N2O. The van der Waals surface area contributed by atoms with Gasteiger partial charge in [-0.05, 0) is 37.2 Å². The molecule has 3 nitrogen and oxygen atoms in total. The van der Waals surface area contributed by atoms with Crippen molar-refractivity contribution in [2.75, 3.05) is 12.8 Å². The van der Waals surface area contributed by atoms with Gasteiger partial charge in [0, 0.05) is 24.3 Å². The third-order valence-electron chi connectivity index (χ3n) is 2.83. The van der Waals surface area contributed by atoms with Crippen LogP contribution in [0.1, 0.15) is 16.7 Å². The number of nitrogen functional groups attached to an aromatic ring is 1. The first-order valence-corrected chi connectivity index (χ1v) is 5.70. The quantitative estimate of drug-likeness (QED) is 0.821. The molecule has 2 aromatic rings. The van der Waals surface area contributed by atoms with Crippen LogP contribution in [0.4, 0.5) is 5.69 Å². The van der Waals surface area contributed by atoms with E-state index in [1.54, 1.807) is 12.5 Å². The summed E-state index contributed by atoms with van der Waals surface area (Å²) in [6.45, 7) is 3.79. The molecule has 0 saturated heterocycles. The highest BCUT2D eigenvalue weighted by atomic mass is 16.3. The summed E-state index contributed by atoms with van der Waals surface area (Å²) in [5.74, 6) is 0. The maximum Gasteiger partial charge on any atom is 0.0947 e. The number of anilines is 1. The summed E-state index contributed by atoms with van der Waals surface area (Å²) < 4.78 is 5.05. The summed E-state index contributed by atoms with van der Waals surface area (Å²) in [6, 6.07) is 8.22. The number of benzene rings is 1. The van der Waals surface area contributed by atoms with E-state index < -0.39 is 0 Å². The zero-order valence-corrected chi connectivity index (χ0v) is 10.3. The van der Waals surface area contributed by atoms with Gasteiger partial charge in [-0.1, -0.05) is 12.1 Å². The molecule has 0 aliphatic rings. The van der Waals surface area contributed by atoms with Crippen molar-refractivity contribution in [2.45, 2.75) is 20.0 Å². The molecule has 90 valence electrons. The van der Waals surface area contributed by atoms with Crippen LogP contribution >= 0.6 is 0 Å². The van der Waals surface area contributed by atoms with Gasteiger partial charge < -0.3 is 10.2 Å². The molecule has 1 aromatic heterocycles. The molecule has 0 fully saturated rings. The molecule has 0 aliphatic carbocycles. The number of nitrogens with two attached hydrogens (primary N) is 1. The molecule has 0 saturated carbocycles. The van der Waals surface area contributed by atoms with E-state index in [-0.39, 0.29) is 0 Å². The van der Waals surface area contributed by atoms with Gasteiger partial charge >= 0.3 is 0 Å². The molecule has 0 radical (unpaired) electrons. The lowest BCUT2D eigenvalue weighted by Crippen LogP contribution is -2.16. The van der Waals surface area contributed by atoms with E-state index >= 15 is 0 Å². The highest BCUT2D eigenvalue weighted by Crippen LogP contribution is 2.15. The largest absolute Gasteiger partial charge is 0.472 e. The highest BCUT2D eigenvalue weighted by molar-refractivity contribution is 5.48. The third-order valence-corrected chi connectivity index (χ3v) is 2.83. The zero-order chi connectivity index (χ0) is 12.3. The minimum atomic E-state index is 0.860. The first-order valence-electron chi connectivity index (χ1n) is 5.70. The molecule has 1 aromatic carbocycles. The monoisotopic (exact) mass is 230 g/mol. The SMILES string of the molecule is Cc1ccc(CN(C)Cc2ccoc2)cc1N. The lowest BCUT2D eigenvalue weighted by atomic mass is 10.1. The predicted octanol–water partition coefficient (Wildman–Crippen LogP) is 2.80. The predicted molar refractivity (Wildman–Crippen MR) is 69.5 cm³/mol. The lowest BCUT2D eigenvalue weighted by Gasteiger charge is -2.16. The second-order valence-corrected chi connectivity index (χ2v) is 4.49. The van der Waals surface area contributed by atoms with E-state index in [4.69, 9.17) is 10.2 Å². The van der Waals surface area contributed by atoms with E-state index in [1.807, 2.05) is 19.1 Å². The lowest BCUT2D eigenvalue weighted by molar-refractivity contribution is 0.318. The van der Waals surface area contributed by atoms with Gasteiger partial charge in [-0.15, -0.1) is 0 Å². The Morgan fingerprint density at radius 1 is 1.18 bits per heavy atom. The van der Waals surface area contributed by atoms with Crippen LogP contribution in [0.2, 0.25) is 0 Å². The van der Waals surface area contributed by atoms with E-state index in [9.17, 15) is 0 Å². The van der Waals surface area contributed by atoms with Crippen molar-refractivity contribution in [3.8, 4) is 0 Å². The molecule has 17 heavy (non-hydrogen) atoms. The summed E-state index contributed by atoms with van der Waals surface area (Å²) in [5.41, 5.74) is 10.3. The van der Waals surface area contributed by atoms with Gasteiger partial charge in [0.2, 0.25) is 0 Å². The van der Waals surface area contributed by atoms with Gasteiger partial charge in [0.15, 0.2) is 0 Å². The average Bonchev–Trinajstić information content (AvgIpc) is 2.76. The van der Waals surface area contributed by atoms with E-state index in [1.165, 1.54) is 11.1 Å². The van der Waals surface area contributed by atoms with Crippen molar-refractivity contribution < 1.29 is 4.42 Å². The van der Waals surface area contributed by atoms with E-state index in [2.05, 4.69) is 24.1 Å². The standard InChI is InChI=1S/C14H18N2O/c1-11-3-4-12(7-14(11)15)8-16(2)9-13-5-6-17-10-13/h3-7,10H,8-9,15H2,1-2H3. The van der Waals surface area contributed by atoms with Crippen LogP contribution in [0.25, 0.3) is 0 Å². The molecule has 0 atom stereocenters. The Kier molecular flexibility index (Phi) is 3.49. The van der Waals surface area contributed by atoms with E-state index in [0.29, 0.717) is 0 Å². The van der Waals surface area contributed by atoms with E-state index in [0.717, 1.165) is 24.3 Å². The Hall–Kier alpha value is -1.74. The van der Waals surface area contributed by atoms with Crippen LogP contribution in [0, 0.1) is 6.92 Å². The minimum Gasteiger partial charge on any atom is -0.472 e. The Labute approximate surface area is 102 Å². The molecule has 0 unspecified atom stereocenters. The fourth-order valence-corrected chi connectivity index (χ4v) is 1.85. The maximum atomic E-state index is 5.90. The van der Waals surface area contributed by atoms with Crippen molar-refractivity contribution in [3.63, 3.8) is 0 Å². The Bertz CT molecular complexity index is 477. The molecule has 0 amide bonds. The summed E-state index contributed by atoms with van der Waals surface area (Å²) in [4.78, 5) is 2.23. The fraction of sp³-hybridized carbons (Fsp3) is 0.286. The number of hydrogen-bond acceptors (Lipinski definition) is 3. The zero-order valence-electron chi connectivity index (χ0n) is 10.3. The van der Waals surface area contributed by atoms with Crippen molar-refractivity contribution >= 4 is 5.69 Å². The Morgan fingerprint density at radius 3 is 2.59 bits per heavy atom. The third kappa shape index (κ3) is 3.11. The van der Waals surface area contributed by atoms with Gasteiger partial charge in [0.05, 0.1) is 12.5 Å². The van der Waals surface area contributed by atoms with Crippen LogP contribution in [0.5, 0.6) is 0 Å². The minimum absolute atomic E-state index is 0.860. The molecule has 3 heteroatoms. The average molecular weight is 230 g/mol. The second-order valence-electron chi connectivity index (χ2n) is 4.49. The fourth-order valence-electron chi connectivity index (χ4n) is 1.85. The van der Waals surface area contributed by atoms with Crippen LogP contribution in [0.3, 0.4) is 0 Å². The first kappa shape index (κ1) is 11.7. The first-order chi connectivity index (χ1) is 8.15. The molecule has 1 heterocycles. The highest BCUT2D eigenvalue weighted by Gasteiger charge is 2.04.